The molecular weight excluding hydrogens is 550 g/mol. The number of rotatable bonds is 2. The summed E-state index contributed by atoms with van der Waals surface area (Å²) in [5.41, 5.74) is 5.17. The predicted octanol–water partition coefficient (Wildman–Crippen LogP) is 7.26. The van der Waals surface area contributed by atoms with E-state index in [9.17, 15) is 0 Å². The van der Waals surface area contributed by atoms with Crippen LogP contribution in [0.25, 0.3) is 11.1 Å². The third-order valence-corrected chi connectivity index (χ3v) is 3.61. The van der Waals surface area contributed by atoms with Gasteiger partial charge in [-0.3, -0.25) is 12.2 Å². The molecule has 0 spiro atoms. The predicted molar refractivity (Wildman–Crippen MR) is 125 cm³/mol. The standard InChI is InChI=1S/2C11H9.C3H6.2ClH.Hf/c2*1-2-6-10(7-3-1)11-8-4-5-9-11;1-3-2;;;/h2*1-3,6-9H,4H2;1-2H3;2*1H;/q2*-1;;;;+2. The molecule has 0 saturated heterocycles. The van der Waals surface area contributed by atoms with Crippen LogP contribution in [0.5, 0.6) is 0 Å². The Morgan fingerprint density at radius 1 is 0.679 bits per heavy atom. The molecule has 0 unspecified atom stereocenters. The maximum atomic E-state index is 3.15. The molecule has 0 heterocycles. The van der Waals surface area contributed by atoms with Crippen LogP contribution in [0.4, 0.5) is 0 Å². The molecule has 2 aromatic rings. The molecule has 2 aliphatic rings. The van der Waals surface area contributed by atoms with Crippen molar-refractivity contribution in [1.82, 2.24) is 0 Å². The summed E-state index contributed by atoms with van der Waals surface area (Å²) in [4.78, 5) is 0. The fourth-order valence-corrected chi connectivity index (χ4v) is 2.46. The van der Waals surface area contributed by atoms with Gasteiger partial charge in [-0.25, -0.2) is 12.2 Å². The van der Waals surface area contributed by atoms with Gasteiger partial charge in [-0.2, -0.15) is 23.3 Å². The van der Waals surface area contributed by atoms with Gasteiger partial charge in [0.05, 0.1) is 0 Å². The van der Waals surface area contributed by atoms with Crippen molar-refractivity contribution in [3.8, 4) is 0 Å². The Hall–Kier alpha value is -1.28. The summed E-state index contributed by atoms with van der Waals surface area (Å²) in [6.45, 7) is 4.29. The first-order valence-electron chi connectivity index (χ1n) is 8.83. The van der Waals surface area contributed by atoms with Gasteiger partial charge in [0, 0.05) is 0 Å². The molecular formula is C25H26Cl2Hf. The van der Waals surface area contributed by atoms with E-state index in [1.165, 1.54) is 46.2 Å². The summed E-state index contributed by atoms with van der Waals surface area (Å²) < 4.78 is 1.56. The van der Waals surface area contributed by atoms with Crippen molar-refractivity contribution >= 4 is 39.2 Å². The Labute approximate surface area is 197 Å². The van der Waals surface area contributed by atoms with E-state index < -0.39 is 0 Å². The fraction of sp³-hybridized carbons (Fsp3) is 0.160. The number of hydrogen-bond donors (Lipinski definition) is 0. The van der Waals surface area contributed by atoms with E-state index in [1.54, 1.807) is 3.26 Å². The molecule has 2 aliphatic carbocycles. The van der Waals surface area contributed by atoms with Gasteiger partial charge >= 0.3 is 41.0 Å². The molecule has 4 rings (SSSR count). The van der Waals surface area contributed by atoms with Gasteiger partial charge in [-0.1, -0.05) is 60.7 Å². The molecule has 0 atom stereocenters. The van der Waals surface area contributed by atoms with Gasteiger partial charge in [-0.15, -0.1) is 48.8 Å². The van der Waals surface area contributed by atoms with Crippen LogP contribution < -0.4 is 0 Å². The van der Waals surface area contributed by atoms with Gasteiger partial charge in [0.2, 0.25) is 0 Å². The summed E-state index contributed by atoms with van der Waals surface area (Å²) in [6.07, 6.45) is 16.7. The van der Waals surface area contributed by atoms with E-state index in [4.69, 9.17) is 0 Å². The molecule has 0 saturated carbocycles. The molecule has 28 heavy (non-hydrogen) atoms. The van der Waals surface area contributed by atoms with E-state index in [0.29, 0.717) is 0 Å². The Kier molecular flexibility index (Phi) is 14.9. The first-order valence-corrected chi connectivity index (χ1v) is 10.6. The zero-order valence-corrected chi connectivity index (χ0v) is 21.5. The summed E-state index contributed by atoms with van der Waals surface area (Å²) in [7, 11) is 0. The average molecular weight is 576 g/mol. The Morgan fingerprint density at radius 2 is 1.00 bits per heavy atom. The summed E-state index contributed by atoms with van der Waals surface area (Å²) in [6, 6.07) is 20.8. The van der Waals surface area contributed by atoms with Gasteiger partial charge < -0.3 is 0 Å². The molecule has 0 bridgehead atoms. The maximum Gasteiger partial charge on any atom is -0.0623 e. The van der Waals surface area contributed by atoms with Crippen LogP contribution in [0.3, 0.4) is 0 Å². The normalized spacial score (nSPS) is 12.9. The maximum absolute atomic E-state index is 3.15. The Balaban J connectivity index is 0.000000415. The molecule has 144 valence electrons. The van der Waals surface area contributed by atoms with Crippen molar-refractivity contribution < 1.29 is 23.9 Å². The van der Waals surface area contributed by atoms with Crippen molar-refractivity contribution in [2.45, 2.75) is 26.7 Å². The van der Waals surface area contributed by atoms with E-state index in [2.05, 4.69) is 98.8 Å². The molecule has 0 amide bonds. The quantitative estimate of drug-likeness (QED) is 0.261. The number of halogens is 2. The van der Waals surface area contributed by atoms with Crippen molar-refractivity contribution in [1.29, 1.82) is 0 Å². The number of allylic oxidation sites excluding steroid dienone is 8. The first kappa shape index (κ1) is 26.7. The van der Waals surface area contributed by atoms with E-state index in [0.717, 1.165) is 12.8 Å². The third-order valence-electron chi connectivity index (χ3n) is 3.61. The van der Waals surface area contributed by atoms with Crippen LogP contribution in [0.15, 0.2) is 85.0 Å². The number of hydrogen-bond acceptors (Lipinski definition) is 0. The van der Waals surface area contributed by atoms with E-state index in [1.807, 2.05) is 12.1 Å². The van der Waals surface area contributed by atoms with Crippen LogP contribution >= 0.6 is 24.8 Å². The summed E-state index contributed by atoms with van der Waals surface area (Å²) in [5.74, 6) is 0. The fourth-order valence-electron chi connectivity index (χ4n) is 2.46. The molecule has 0 radical (unpaired) electrons. The first-order chi connectivity index (χ1) is 12.7. The van der Waals surface area contributed by atoms with Crippen LogP contribution in [0, 0.1) is 12.2 Å². The van der Waals surface area contributed by atoms with Crippen LogP contribution in [-0.4, -0.2) is 3.26 Å². The third kappa shape index (κ3) is 10.3. The molecule has 0 aromatic heterocycles. The van der Waals surface area contributed by atoms with Crippen molar-refractivity contribution in [3.05, 3.63) is 108 Å². The van der Waals surface area contributed by atoms with E-state index >= 15 is 0 Å². The topological polar surface area (TPSA) is 0 Å². The van der Waals surface area contributed by atoms with Gasteiger partial charge in [0.25, 0.3) is 0 Å². The van der Waals surface area contributed by atoms with Crippen LogP contribution in [0.1, 0.15) is 37.8 Å². The van der Waals surface area contributed by atoms with E-state index in [-0.39, 0.29) is 24.8 Å². The second kappa shape index (κ2) is 15.6. The molecule has 2 aromatic carbocycles. The molecule has 0 nitrogen and oxygen atoms in total. The average Bonchev–Trinajstić information content (AvgIpc) is 3.37. The molecule has 0 N–H and O–H groups in total. The van der Waals surface area contributed by atoms with Crippen LogP contribution in [0.2, 0.25) is 0 Å². The van der Waals surface area contributed by atoms with Gasteiger partial charge in [0.15, 0.2) is 0 Å². The second-order valence-electron chi connectivity index (χ2n) is 6.16. The minimum absolute atomic E-state index is 0. The largest absolute Gasteiger partial charge is 0.272 e. The minimum atomic E-state index is 0. The van der Waals surface area contributed by atoms with Gasteiger partial charge in [0.1, 0.15) is 0 Å². The number of benzene rings is 2. The molecule has 3 heteroatoms. The van der Waals surface area contributed by atoms with Crippen molar-refractivity contribution in [3.63, 3.8) is 0 Å². The summed E-state index contributed by atoms with van der Waals surface area (Å²) in [5, 5.41) is 0. The van der Waals surface area contributed by atoms with Gasteiger partial charge in [-0.05, 0) is 0 Å². The van der Waals surface area contributed by atoms with Crippen molar-refractivity contribution in [2.24, 2.45) is 0 Å². The molecule has 0 aliphatic heterocycles. The SMILES string of the molecule is C[C](C)=[Hf+2].Cl.Cl.[C-]1=CC(c2ccccc2)=CC1.[C-]1=CC(c2ccccc2)=CC1. The summed E-state index contributed by atoms with van der Waals surface area (Å²) >= 11 is 1.27. The second-order valence-corrected chi connectivity index (χ2v) is 9.75. The minimum Gasteiger partial charge on any atom is -0.272 e. The zero-order chi connectivity index (χ0) is 18.6. The zero-order valence-electron chi connectivity index (χ0n) is 16.3. The van der Waals surface area contributed by atoms with Crippen LogP contribution in [-0.2, 0) is 23.9 Å². The monoisotopic (exact) mass is 576 g/mol. The molecule has 0 fully saturated rings. The Bertz CT molecular complexity index is 747. The smallest absolute Gasteiger partial charge is 0.0623 e. The van der Waals surface area contributed by atoms with Crippen molar-refractivity contribution in [2.75, 3.05) is 0 Å². The Morgan fingerprint density at radius 3 is 1.25 bits per heavy atom.